The van der Waals surface area contributed by atoms with Crippen molar-refractivity contribution in [3.8, 4) is 17.6 Å². The third-order valence-corrected chi connectivity index (χ3v) is 3.07. The van der Waals surface area contributed by atoms with Crippen LogP contribution >= 0.6 is 0 Å². The van der Waals surface area contributed by atoms with Crippen molar-refractivity contribution in [2.45, 2.75) is 13.8 Å². The zero-order chi connectivity index (χ0) is 16.7. The predicted molar refractivity (Wildman–Crippen MR) is 87.6 cm³/mol. The average Bonchev–Trinajstić information content (AvgIpc) is 2.56. The maximum Gasteiger partial charge on any atom is 0.262 e. The summed E-state index contributed by atoms with van der Waals surface area (Å²) in [4.78, 5) is 11.9. The van der Waals surface area contributed by atoms with E-state index in [0.717, 1.165) is 5.56 Å². The molecule has 0 saturated heterocycles. The molecule has 0 heterocycles. The van der Waals surface area contributed by atoms with Crippen molar-refractivity contribution in [1.29, 1.82) is 5.26 Å². The molecule has 0 aliphatic rings. The van der Waals surface area contributed by atoms with Crippen LogP contribution in [-0.2, 0) is 4.79 Å². The molecule has 0 radical (unpaired) electrons. The number of carbonyl (C=O) groups is 1. The standard InChI is InChI=1S/C18H18N2O3/c1-3-22-17-10-14(11-19)6-9-16(17)23-12-18(21)20-15-7-4-13(2)5-8-15/h4-10H,3,12H2,1-2H3,(H,20,21). The van der Waals surface area contributed by atoms with E-state index in [0.29, 0.717) is 29.4 Å². The van der Waals surface area contributed by atoms with E-state index in [9.17, 15) is 4.79 Å². The number of aryl methyl sites for hydroxylation is 1. The van der Waals surface area contributed by atoms with Crippen molar-refractivity contribution in [2.75, 3.05) is 18.5 Å². The van der Waals surface area contributed by atoms with Gasteiger partial charge in [0.1, 0.15) is 0 Å². The van der Waals surface area contributed by atoms with Gasteiger partial charge in [-0.05, 0) is 38.1 Å². The van der Waals surface area contributed by atoms with E-state index >= 15 is 0 Å². The Morgan fingerprint density at radius 2 is 1.87 bits per heavy atom. The fourth-order valence-electron chi connectivity index (χ4n) is 1.94. The Hall–Kier alpha value is -3.00. The summed E-state index contributed by atoms with van der Waals surface area (Å²) in [7, 11) is 0. The van der Waals surface area contributed by atoms with Crippen LogP contribution in [0.1, 0.15) is 18.1 Å². The Morgan fingerprint density at radius 1 is 1.13 bits per heavy atom. The number of nitrogens with one attached hydrogen (secondary N) is 1. The van der Waals surface area contributed by atoms with Gasteiger partial charge in [-0.3, -0.25) is 4.79 Å². The van der Waals surface area contributed by atoms with Gasteiger partial charge in [0.25, 0.3) is 5.91 Å². The van der Waals surface area contributed by atoms with Crippen LogP contribution < -0.4 is 14.8 Å². The van der Waals surface area contributed by atoms with Gasteiger partial charge in [0.05, 0.1) is 18.2 Å². The maximum atomic E-state index is 11.9. The van der Waals surface area contributed by atoms with Gasteiger partial charge in [0, 0.05) is 11.8 Å². The Morgan fingerprint density at radius 3 is 2.52 bits per heavy atom. The molecule has 0 spiro atoms. The highest BCUT2D eigenvalue weighted by Gasteiger charge is 2.09. The molecule has 2 aromatic carbocycles. The van der Waals surface area contributed by atoms with Gasteiger partial charge in [0.15, 0.2) is 18.1 Å². The quantitative estimate of drug-likeness (QED) is 0.888. The monoisotopic (exact) mass is 310 g/mol. The summed E-state index contributed by atoms with van der Waals surface area (Å²) in [5.74, 6) is 0.625. The van der Waals surface area contributed by atoms with Gasteiger partial charge in [-0.15, -0.1) is 0 Å². The molecule has 0 saturated carbocycles. The first-order valence-corrected chi connectivity index (χ1v) is 7.28. The van der Waals surface area contributed by atoms with Crippen molar-refractivity contribution in [3.05, 3.63) is 53.6 Å². The summed E-state index contributed by atoms with van der Waals surface area (Å²) in [6, 6.07) is 14.4. The zero-order valence-electron chi connectivity index (χ0n) is 13.1. The molecule has 5 heteroatoms. The molecule has 23 heavy (non-hydrogen) atoms. The second-order valence-electron chi connectivity index (χ2n) is 4.91. The lowest BCUT2D eigenvalue weighted by atomic mass is 10.2. The summed E-state index contributed by atoms with van der Waals surface area (Å²) in [6.45, 7) is 4.13. The molecule has 2 rings (SSSR count). The highest BCUT2D eigenvalue weighted by atomic mass is 16.5. The first-order valence-electron chi connectivity index (χ1n) is 7.28. The summed E-state index contributed by atoms with van der Waals surface area (Å²) >= 11 is 0. The Labute approximate surface area is 135 Å². The third-order valence-electron chi connectivity index (χ3n) is 3.07. The number of ether oxygens (including phenoxy) is 2. The minimum absolute atomic E-state index is 0.139. The molecule has 0 fully saturated rings. The van der Waals surface area contributed by atoms with E-state index in [1.807, 2.05) is 44.2 Å². The fraction of sp³-hybridized carbons (Fsp3) is 0.222. The van der Waals surface area contributed by atoms with Gasteiger partial charge in [0.2, 0.25) is 0 Å². The third kappa shape index (κ3) is 4.75. The van der Waals surface area contributed by atoms with Crippen LogP contribution in [0.2, 0.25) is 0 Å². The molecule has 5 nitrogen and oxygen atoms in total. The normalized spacial score (nSPS) is 9.78. The van der Waals surface area contributed by atoms with Gasteiger partial charge < -0.3 is 14.8 Å². The molecular weight excluding hydrogens is 292 g/mol. The van der Waals surface area contributed by atoms with Crippen LogP contribution in [-0.4, -0.2) is 19.1 Å². The lowest BCUT2D eigenvalue weighted by Crippen LogP contribution is -2.20. The topological polar surface area (TPSA) is 71.3 Å². The zero-order valence-corrected chi connectivity index (χ0v) is 13.1. The molecule has 118 valence electrons. The Bertz CT molecular complexity index is 718. The summed E-state index contributed by atoms with van der Waals surface area (Å²) in [5.41, 5.74) is 2.32. The molecular formula is C18H18N2O3. The Kier molecular flexibility index (Phi) is 5.59. The fourth-order valence-corrected chi connectivity index (χ4v) is 1.94. The molecule has 0 atom stereocenters. The minimum Gasteiger partial charge on any atom is -0.490 e. The molecule has 1 N–H and O–H groups in total. The van der Waals surface area contributed by atoms with Crippen LogP contribution in [0.4, 0.5) is 5.69 Å². The number of nitrogens with zero attached hydrogens (tertiary/aromatic N) is 1. The lowest BCUT2D eigenvalue weighted by Gasteiger charge is -2.12. The molecule has 2 aromatic rings. The predicted octanol–water partition coefficient (Wildman–Crippen LogP) is 3.28. The highest BCUT2D eigenvalue weighted by molar-refractivity contribution is 5.91. The Balaban J connectivity index is 1.98. The number of hydrogen-bond donors (Lipinski definition) is 1. The average molecular weight is 310 g/mol. The largest absolute Gasteiger partial charge is 0.490 e. The van der Waals surface area contributed by atoms with Crippen LogP contribution in [0, 0.1) is 18.3 Å². The van der Waals surface area contributed by atoms with Crippen LogP contribution in [0.5, 0.6) is 11.5 Å². The summed E-state index contributed by atoms with van der Waals surface area (Å²) < 4.78 is 10.9. The van der Waals surface area contributed by atoms with Crippen molar-refractivity contribution in [2.24, 2.45) is 0 Å². The minimum atomic E-state index is -0.263. The van der Waals surface area contributed by atoms with Gasteiger partial charge >= 0.3 is 0 Å². The molecule has 0 aliphatic carbocycles. The molecule has 0 bridgehead atoms. The molecule has 0 unspecified atom stereocenters. The van der Waals surface area contributed by atoms with E-state index in [4.69, 9.17) is 14.7 Å². The van der Waals surface area contributed by atoms with Gasteiger partial charge in [-0.25, -0.2) is 0 Å². The molecule has 0 aromatic heterocycles. The number of benzene rings is 2. The SMILES string of the molecule is CCOc1cc(C#N)ccc1OCC(=O)Nc1ccc(C)cc1. The van der Waals surface area contributed by atoms with Crippen LogP contribution in [0.15, 0.2) is 42.5 Å². The number of anilines is 1. The number of carbonyl (C=O) groups excluding carboxylic acids is 1. The smallest absolute Gasteiger partial charge is 0.262 e. The van der Waals surface area contributed by atoms with E-state index in [1.165, 1.54) is 0 Å². The van der Waals surface area contributed by atoms with E-state index in [1.54, 1.807) is 18.2 Å². The van der Waals surface area contributed by atoms with Crippen LogP contribution in [0.25, 0.3) is 0 Å². The lowest BCUT2D eigenvalue weighted by molar-refractivity contribution is -0.118. The number of hydrogen-bond acceptors (Lipinski definition) is 4. The van der Waals surface area contributed by atoms with Gasteiger partial charge in [-0.2, -0.15) is 5.26 Å². The second kappa shape index (κ2) is 7.85. The summed E-state index contributed by atoms with van der Waals surface area (Å²) in [6.07, 6.45) is 0. The van der Waals surface area contributed by atoms with Crippen LogP contribution in [0.3, 0.4) is 0 Å². The van der Waals surface area contributed by atoms with Crippen molar-refractivity contribution in [1.82, 2.24) is 0 Å². The first kappa shape index (κ1) is 16.4. The van der Waals surface area contributed by atoms with Crippen molar-refractivity contribution >= 4 is 11.6 Å². The number of amides is 1. The van der Waals surface area contributed by atoms with Gasteiger partial charge in [-0.1, -0.05) is 17.7 Å². The maximum absolute atomic E-state index is 11.9. The second-order valence-corrected chi connectivity index (χ2v) is 4.91. The number of nitriles is 1. The van der Waals surface area contributed by atoms with E-state index in [2.05, 4.69) is 5.32 Å². The molecule has 1 amide bonds. The van der Waals surface area contributed by atoms with E-state index < -0.39 is 0 Å². The summed E-state index contributed by atoms with van der Waals surface area (Å²) in [5, 5.41) is 11.7. The van der Waals surface area contributed by atoms with Crippen molar-refractivity contribution < 1.29 is 14.3 Å². The van der Waals surface area contributed by atoms with Crippen molar-refractivity contribution in [3.63, 3.8) is 0 Å². The van der Waals surface area contributed by atoms with E-state index in [-0.39, 0.29) is 12.5 Å². The highest BCUT2D eigenvalue weighted by Crippen LogP contribution is 2.28. The first-order chi connectivity index (χ1) is 11.1. The number of rotatable bonds is 6. The molecule has 0 aliphatic heterocycles.